The Morgan fingerprint density at radius 2 is 1.57 bits per heavy atom. The Hall–Kier alpha value is -7.41. The van der Waals surface area contributed by atoms with Crippen molar-refractivity contribution in [1.82, 2.24) is 49.4 Å². The smallest absolute Gasteiger partial charge is 0.416 e. The van der Waals surface area contributed by atoms with E-state index in [9.17, 15) is 24.0 Å². The van der Waals surface area contributed by atoms with E-state index in [1.54, 1.807) is 67.1 Å². The second kappa shape index (κ2) is 16.5. The quantitative estimate of drug-likeness (QED) is 0.0766. The van der Waals surface area contributed by atoms with Crippen molar-refractivity contribution in [3.8, 4) is 0 Å². The van der Waals surface area contributed by atoms with E-state index in [2.05, 4.69) is 53.6 Å². The van der Waals surface area contributed by atoms with Gasteiger partial charge in [-0.1, -0.05) is 23.7 Å². The average molecular weight is 872 g/mol. The lowest BCUT2D eigenvalue weighted by atomic mass is 10.1. The lowest BCUT2D eigenvalue weighted by Crippen LogP contribution is -2.39. The van der Waals surface area contributed by atoms with Crippen LogP contribution in [0.4, 0.5) is 27.9 Å². The third-order valence-corrected chi connectivity index (χ3v) is 10.4. The zero-order valence-corrected chi connectivity index (χ0v) is 35.2. The highest BCUT2D eigenvalue weighted by atomic mass is 35.5. The molecule has 5 aromatic heterocycles. The van der Waals surface area contributed by atoms with Gasteiger partial charge in [-0.25, -0.2) is 19.7 Å². The first-order chi connectivity index (χ1) is 30.2. The van der Waals surface area contributed by atoms with Gasteiger partial charge in [0.05, 0.1) is 31.6 Å². The molecular weight excluding hydrogens is 830 g/mol. The molecule has 10 rings (SSSR count). The first kappa shape index (κ1) is 41.0. The fraction of sp³-hybridized carbons (Fsp3) is 0.302. The lowest BCUT2D eigenvalue weighted by molar-refractivity contribution is -0.125. The summed E-state index contributed by atoms with van der Waals surface area (Å²) in [5.74, 6) is 0.454. The minimum absolute atomic E-state index is 0.00393. The third-order valence-electron chi connectivity index (χ3n) is 10.2. The van der Waals surface area contributed by atoms with Crippen LogP contribution in [0.5, 0.6) is 0 Å². The SMILES string of the molecule is CC(C)(C)OC(=O)N(c1cc(Cl)nc2c(/C=C3\CC(=O)NC3=O)cnn12)C1CC1.O=C1C/C(=C\c2cnn3c(NC4CC4)cc(Nc4cccc(Cn5ccnc5)c4)nc23)C(=O)N1. The number of anilines is 4. The number of imide groups is 2. The molecule has 4 aliphatic rings. The molecule has 2 aliphatic heterocycles. The number of hydrogen-bond acceptors (Lipinski definition) is 13. The van der Waals surface area contributed by atoms with Crippen LogP contribution in [0.2, 0.25) is 5.15 Å². The van der Waals surface area contributed by atoms with Gasteiger partial charge in [0, 0.05) is 71.1 Å². The number of rotatable bonds is 10. The van der Waals surface area contributed by atoms with Crippen molar-refractivity contribution < 1.29 is 28.7 Å². The number of fused-ring (bicyclic) bond motifs is 2. The number of halogens is 1. The molecule has 0 spiro atoms. The number of carbonyl (C=O) groups excluding carboxylic acids is 5. The maximum atomic E-state index is 12.9. The van der Waals surface area contributed by atoms with Crippen molar-refractivity contribution in [3.63, 3.8) is 0 Å². The number of hydrogen-bond donors (Lipinski definition) is 4. The van der Waals surface area contributed by atoms with Gasteiger partial charge in [0.1, 0.15) is 28.2 Å². The molecule has 0 radical (unpaired) electrons. The Morgan fingerprint density at radius 1 is 0.905 bits per heavy atom. The molecule has 4 N–H and O–H groups in total. The van der Waals surface area contributed by atoms with E-state index < -0.39 is 17.6 Å². The predicted molar refractivity (Wildman–Crippen MR) is 232 cm³/mol. The second-order valence-corrected chi connectivity index (χ2v) is 17.0. The highest BCUT2D eigenvalue weighted by Crippen LogP contribution is 2.35. The minimum Gasteiger partial charge on any atom is -0.443 e. The molecule has 2 saturated carbocycles. The van der Waals surface area contributed by atoms with Crippen molar-refractivity contribution in [2.45, 2.75) is 83.5 Å². The number of ether oxygens (including phenoxy) is 1. The molecule has 5 amide bonds. The Morgan fingerprint density at radius 3 is 2.16 bits per heavy atom. The van der Waals surface area contributed by atoms with E-state index in [1.165, 1.54) is 10.7 Å². The lowest BCUT2D eigenvalue weighted by Gasteiger charge is -2.27. The van der Waals surface area contributed by atoms with Gasteiger partial charge in [0.25, 0.3) is 11.8 Å². The molecule has 19 nitrogen and oxygen atoms in total. The van der Waals surface area contributed by atoms with Crippen LogP contribution in [0.15, 0.2) is 78.7 Å². The molecule has 7 heterocycles. The van der Waals surface area contributed by atoms with Crippen LogP contribution in [0, 0.1) is 0 Å². The fourth-order valence-corrected chi connectivity index (χ4v) is 7.25. The zero-order valence-electron chi connectivity index (χ0n) is 34.5. The molecule has 322 valence electrons. The fourth-order valence-electron chi connectivity index (χ4n) is 7.07. The average Bonchev–Trinajstić information content (AvgIpc) is 3.96. The normalized spacial score (nSPS) is 17.6. The summed E-state index contributed by atoms with van der Waals surface area (Å²) in [6, 6.07) is 12.0. The van der Waals surface area contributed by atoms with Gasteiger partial charge in [-0.05, 0) is 76.3 Å². The van der Waals surface area contributed by atoms with Crippen molar-refractivity contribution in [2.75, 3.05) is 15.5 Å². The van der Waals surface area contributed by atoms with E-state index in [4.69, 9.17) is 21.3 Å². The summed E-state index contributed by atoms with van der Waals surface area (Å²) in [5, 5.41) is 20.5. The Labute approximate surface area is 364 Å². The van der Waals surface area contributed by atoms with Gasteiger partial charge in [-0.15, -0.1) is 0 Å². The molecule has 1 aromatic carbocycles. The molecule has 0 unspecified atom stereocenters. The van der Waals surface area contributed by atoms with Crippen LogP contribution in [0.1, 0.15) is 76.0 Å². The van der Waals surface area contributed by atoms with Crippen molar-refractivity contribution in [3.05, 3.63) is 101 Å². The molecule has 6 aromatic rings. The predicted octanol–water partition coefficient (Wildman–Crippen LogP) is 5.44. The summed E-state index contributed by atoms with van der Waals surface area (Å²) in [6.45, 7) is 6.13. The van der Waals surface area contributed by atoms with Crippen molar-refractivity contribution in [2.24, 2.45) is 0 Å². The highest BCUT2D eigenvalue weighted by molar-refractivity contribution is 6.30. The van der Waals surface area contributed by atoms with E-state index in [-0.39, 0.29) is 41.8 Å². The van der Waals surface area contributed by atoms with Crippen LogP contribution < -0.4 is 26.2 Å². The first-order valence-corrected chi connectivity index (χ1v) is 20.7. The minimum atomic E-state index is -0.651. The maximum absolute atomic E-state index is 12.9. The summed E-state index contributed by atoms with van der Waals surface area (Å²) >= 11 is 6.24. The summed E-state index contributed by atoms with van der Waals surface area (Å²) in [5.41, 5.74) is 4.29. The molecule has 63 heavy (non-hydrogen) atoms. The summed E-state index contributed by atoms with van der Waals surface area (Å²) in [7, 11) is 0. The monoisotopic (exact) mass is 871 g/mol. The van der Waals surface area contributed by atoms with Gasteiger partial charge in [0.2, 0.25) is 11.8 Å². The third kappa shape index (κ3) is 9.42. The van der Waals surface area contributed by atoms with Gasteiger partial charge in [0.15, 0.2) is 11.3 Å². The van der Waals surface area contributed by atoms with Crippen molar-refractivity contribution in [1.29, 1.82) is 0 Å². The maximum Gasteiger partial charge on any atom is 0.416 e. The molecule has 20 heteroatoms. The van der Waals surface area contributed by atoms with Crippen LogP contribution in [-0.4, -0.2) is 86.2 Å². The summed E-state index contributed by atoms with van der Waals surface area (Å²) in [6.07, 6.45) is 15.4. The Kier molecular flexibility index (Phi) is 10.7. The number of carbonyl (C=O) groups is 5. The molecular formula is C43H42ClN13O6. The van der Waals surface area contributed by atoms with Gasteiger partial charge < -0.3 is 19.9 Å². The largest absolute Gasteiger partial charge is 0.443 e. The number of nitrogens with one attached hydrogen (secondary N) is 4. The number of nitrogens with zero attached hydrogens (tertiary/aromatic N) is 9. The number of amides is 5. The first-order valence-electron chi connectivity index (χ1n) is 20.4. The van der Waals surface area contributed by atoms with Crippen LogP contribution in [-0.2, 0) is 30.5 Å². The zero-order chi connectivity index (χ0) is 44.0. The molecule has 2 aliphatic carbocycles. The second-order valence-electron chi connectivity index (χ2n) is 16.6. The Balaban J connectivity index is 0.000000162. The van der Waals surface area contributed by atoms with E-state index >= 15 is 0 Å². The van der Waals surface area contributed by atoms with E-state index in [0.29, 0.717) is 51.2 Å². The molecule has 2 saturated heterocycles. The van der Waals surface area contributed by atoms with Crippen molar-refractivity contribution >= 4 is 87.9 Å². The molecule has 0 atom stereocenters. The molecule has 4 fully saturated rings. The number of imidazole rings is 1. The van der Waals surface area contributed by atoms with Gasteiger partial charge >= 0.3 is 6.09 Å². The summed E-state index contributed by atoms with van der Waals surface area (Å²) < 4.78 is 10.8. The van der Waals surface area contributed by atoms with E-state index in [0.717, 1.165) is 49.3 Å². The van der Waals surface area contributed by atoms with Crippen LogP contribution in [0.25, 0.3) is 23.4 Å². The number of aromatic nitrogens is 8. The van der Waals surface area contributed by atoms with Gasteiger partial charge in [-0.2, -0.15) is 19.2 Å². The highest BCUT2D eigenvalue weighted by Gasteiger charge is 2.38. The molecule has 0 bridgehead atoms. The topological polar surface area (TPSA) is 224 Å². The van der Waals surface area contributed by atoms with Gasteiger partial charge in [-0.3, -0.25) is 34.7 Å². The standard InChI is InChI=1S/C24H22N8O2.C19H20ClN5O4/c33-22-10-16(24(34)30-22)9-17-12-26-32-21(28-18-4-5-18)11-20(29-23(17)32)27-19-3-1-2-15(8-19)13-31-7-6-25-14-31;1-19(2,3)29-18(28)24(12-4-5-12)15-8-13(20)22-16-11(9-21-25(15)16)6-10-7-14(26)23-17(10)27/h1-3,6-9,11-12,14,18,28H,4-5,10,13H2,(H,27,29)(H,30,33,34);6,8-9,12H,4-5,7H2,1-3H3,(H,23,26,27)/b16-9+;10-6+. The number of benzene rings is 1. The summed E-state index contributed by atoms with van der Waals surface area (Å²) in [4.78, 5) is 74.5. The van der Waals surface area contributed by atoms with E-state index in [1.807, 2.05) is 29.0 Å². The van der Waals surface area contributed by atoms with Crippen LogP contribution >= 0.6 is 11.6 Å². The van der Waals surface area contributed by atoms with Crippen LogP contribution in [0.3, 0.4) is 0 Å². The Bertz CT molecular complexity index is 2880.